The number of nitrogens with two attached hydrogens (primary N) is 1. The maximum absolute atomic E-state index is 11.1. The van der Waals surface area contributed by atoms with E-state index in [9.17, 15) is 4.79 Å². The monoisotopic (exact) mass is 261 g/mol. The molecule has 1 rings (SSSR count). The first-order valence-electron chi connectivity index (χ1n) is 5.29. The van der Waals surface area contributed by atoms with E-state index in [4.69, 9.17) is 22.1 Å². The van der Waals surface area contributed by atoms with E-state index in [1.807, 2.05) is 11.4 Å². The van der Waals surface area contributed by atoms with Gasteiger partial charge in [0.2, 0.25) is 0 Å². The number of hydrogen-bond acceptors (Lipinski definition) is 4. The highest BCUT2D eigenvalue weighted by molar-refractivity contribution is 7.10. The van der Waals surface area contributed by atoms with E-state index in [0.717, 1.165) is 17.7 Å². The molecule has 0 fully saturated rings. The maximum atomic E-state index is 11.1. The lowest BCUT2D eigenvalue weighted by atomic mass is 10.1. The van der Waals surface area contributed by atoms with Crippen LogP contribution in [0.15, 0.2) is 11.4 Å². The van der Waals surface area contributed by atoms with Crippen LogP contribution in [0.1, 0.15) is 37.1 Å². The molecular formula is C11H16ClNO2S. The molecule has 0 aliphatic carbocycles. The minimum atomic E-state index is -0.160. The third kappa shape index (κ3) is 4.12. The van der Waals surface area contributed by atoms with Crippen LogP contribution in [0.4, 0.5) is 0 Å². The van der Waals surface area contributed by atoms with Gasteiger partial charge in [0.1, 0.15) is 0 Å². The number of esters is 1. The first-order valence-corrected chi connectivity index (χ1v) is 6.55. The zero-order chi connectivity index (χ0) is 12.0. The molecule has 0 aliphatic rings. The summed E-state index contributed by atoms with van der Waals surface area (Å²) in [5, 5.41) is 2.64. The van der Waals surface area contributed by atoms with E-state index in [-0.39, 0.29) is 12.0 Å². The van der Waals surface area contributed by atoms with Crippen LogP contribution in [0.3, 0.4) is 0 Å². The van der Waals surface area contributed by atoms with Crippen LogP contribution >= 0.6 is 22.9 Å². The van der Waals surface area contributed by atoms with Crippen LogP contribution in [-0.2, 0) is 9.53 Å². The van der Waals surface area contributed by atoms with Crippen molar-refractivity contribution in [3.05, 3.63) is 21.3 Å². The van der Waals surface area contributed by atoms with Crippen LogP contribution in [0.2, 0.25) is 5.02 Å². The van der Waals surface area contributed by atoms with Gasteiger partial charge in [-0.25, -0.2) is 0 Å². The molecule has 90 valence electrons. The molecule has 0 aromatic carbocycles. The third-order valence-electron chi connectivity index (χ3n) is 2.18. The highest BCUT2D eigenvalue weighted by Gasteiger charge is 2.12. The molecule has 0 saturated carbocycles. The fourth-order valence-corrected chi connectivity index (χ4v) is 2.64. The van der Waals surface area contributed by atoms with Gasteiger partial charge in [-0.2, -0.15) is 0 Å². The van der Waals surface area contributed by atoms with Crippen molar-refractivity contribution < 1.29 is 9.53 Å². The molecule has 0 amide bonds. The quantitative estimate of drug-likeness (QED) is 0.801. The average Bonchev–Trinajstić information content (AvgIpc) is 2.64. The summed E-state index contributed by atoms with van der Waals surface area (Å²) >= 11 is 7.52. The van der Waals surface area contributed by atoms with Crippen molar-refractivity contribution >= 4 is 28.9 Å². The summed E-state index contributed by atoms with van der Waals surface area (Å²) in [5.74, 6) is -0.160. The predicted octanol–water partition coefficient (Wildman–Crippen LogP) is 3.13. The molecule has 0 radical (unpaired) electrons. The Labute approximate surface area is 105 Å². The molecule has 1 atom stereocenters. The number of carbonyl (C=O) groups excluding carboxylic acids is 1. The number of ether oxygens (including phenoxy) is 1. The lowest BCUT2D eigenvalue weighted by Crippen LogP contribution is -2.10. The minimum absolute atomic E-state index is 0.0815. The summed E-state index contributed by atoms with van der Waals surface area (Å²) in [5.41, 5.74) is 5.97. The zero-order valence-corrected chi connectivity index (χ0v) is 10.8. The Morgan fingerprint density at radius 3 is 3.00 bits per heavy atom. The Hall–Kier alpha value is -0.580. The molecule has 5 heteroatoms. The van der Waals surface area contributed by atoms with Gasteiger partial charge < -0.3 is 10.5 Å². The fourth-order valence-electron chi connectivity index (χ4n) is 1.40. The van der Waals surface area contributed by atoms with E-state index in [0.29, 0.717) is 18.1 Å². The molecule has 1 aromatic heterocycles. The van der Waals surface area contributed by atoms with Gasteiger partial charge in [0.15, 0.2) is 0 Å². The smallest absolute Gasteiger partial charge is 0.305 e. The van der Waals surface area contributed by atoms with Crippen LogP contribution < -0.4 is 5.73 Å². The van der Waals surface area contributed by atoms with Gasteiger partial charge in [-0.15, -0.1) is 11.3 Å². The molecule has 16 heavy (non-hydrogen) atoms. The molecule has 1 heterocycles. The largest absolute Gasteiger partial charge is 0.466 e. The van der Waals surface area contributed by atoms with Gasteiger partial charge in [-0.1, -0.05) is 11.6 Å². The van der Waals surface area contributed by atoms with E-state index in [2.05, 4.69) is 0 Å². The summed E-state index contributed by atoms with van der Waals surface area (Å²) in [6.07, 6.45) is 1.90. The Morgan fingerprint density at radius 1 is 1.69 bits per heavy atom. The van der Waals surface area contributed by atoms with Crippen molar-refractivity contribution in [1.82, 2.24) is 0 Å². The Bertz CT molecular complexity index is 340. The Kier molecular flexibility index (Phi) is 5.80. The van der Waals surface area contributed by atoms with Gasteiger partial charge in [-0.05, 0) is 31.2 Å². The summed E-state index contributed by atoms with van der Waals surface area (Å²) in [4.78, 5) is 12.1. The van der Waals surface area contributed by atoms with Gasteiger partial charge in [-0.3, -0.25) is 4.79 Å². The van der Waals surface area contributed by atoms with E-state index in [1.165, 1.54) is 0 Å². The number of carbonyl (C=O) groups is 1. The first kappa shape index (κ1) is 13.5. The highest BCUT2D eigenvalue weighted by Crippen LogP contribution is 2.29. The summed E-state index contributed by atoms with van der Waals surface area (Å²) in [7, 11) is 0. The zero-order valence-electron chi connectivity index (χ0n) is 9.24. The minimum Gasteiger partial charge on any atom is -0.466 e. The van der Waals surface area contributed by atoms with Crippen molar-refractivity contribution in [2.75, 3.05) is 6.61 Å². The van der Waals surface area contributed by atoms with Crippen LogP contribution in [-0.4, -0.2) is 12.6 Å². The van der Waals surface area contributed by atoms with Crippen LogP contribution in [0.25, 0.3) is 0 Å². The van der Waals surface area contributed by atoms with E-state index in [1.54, 1.807) is 18.3 Å². The normalized spacial score (nSPS) is 12.4. The number of hydrogen-bond donors (Lipinski definition) is 1. The van der Waals surface area contributed by atoms with Crippen molar-refractivity contribution in [1.29, 1.82) is 0 Å². The highest BCUT2D eigenvalue weighted by atomic mass is 35.5. The second-order valence-corrected chi connectivity index (χ2v) is 4.79. The molecule has 1 unspecified atom stereocenters. The third-order valence-corrected chi connectivity index (χ3v) is 3.67. The molecule has 0 aliphatic heterocycles. The number of halogens is 1. The summed E-state index contributed by atoms with van der Waals surface area (Å²) in [6, 6.07) is 1.76. The molecule has 2 N–H and O–H groups in total. The lowest BCUT2D eigenvalue weighted by molar-refractivity contribution is -0.143. The van der Waals surface area contributed by atoms with Gasteiger partial charge >= 0.3 is 5.97 Å². The van der Waals surface area contributed by atoms with E-state index < -0.39 is 0 Å². The SMILES string of the molecule is CCOC(=O)CCCC(N)c1sccc1Cl. The van der Waals surface area contributed by atoms with Gasteiger partial charge in [0, 0.05) is 17.3 Å². The molecule has 0 bridgehead atoms. The summed E-state index contributed by atoms with van der Waals surface area (Å²) < 4.78 is 4.83. The maximum Gasteiger partial charge on any atom is 0.305 e. The molecule has 3 nitrogen and oxygen atoms in total. The molecule has 0 saturated heterocycles. The second kappa shape index (κ2) is 6.89. The molecule has 0 spiro atoms. The van der Waals surface area contributed by atoms with Gasteiger partial charge in [0.25, 0.3) is 0 Å². The fraction of sp³-hybridized carbons (Fsp3) is 0.545. The van der Waals surface area contributed by atoms with Crippen molar-refractivity contribution in [3.8, 4) is 0 Å². The number of rotatable bonds is 6. The topological polar surface area (TPSA) is 52.3 Å². The van der Waals surface area contributed by atoms with Crippen LogP contribution in [0, 0.1) is 0 Å². The van der Waals surface area contributed by atoms with E-state index >= 15 is 0 Å². The molecule has 1 aromatic rings. The predicted molar refractivity (Wildman–Crippen MR) is 66.7 cm³/mol. The van der Waals surface area contributed by atoms with Crippen molar-refractivity contribution in [2.45, 2.75) is 32.2 Å². The molecular weight excluding hydrogens is 246 g/mol. The Balaban J connectivity index is 2.28. The average molecular weight is 262 g/mol. The standard InChI is InChI=1S/C11H16ClNO2S/c1-2-15-10(14)5-3-4-9(13)11-8(12)6-7-16-11/h6-7,9H,2-5,13H2,1H3. The van der Waals surface area contributed by atoms with Crippen LogP contribution in [0.5, 0.6) is 0 Å². The summed E-state index contributed by atoms with van der Waals surface area (Å²) in [6.45, 7) is 2.23. The van der Waals surface area contributed by atoms with Gasteiger partial charge in [0.05, 0.1) is 11.6 Å². The Morgan fingerprint density at radius 2 is 2.44 bits per heavy atom. The first-order chi connectivity index (χ1) is 7.65. The van der Waals surface area contributed by atoms with Crippen molar-refractivity contribution in [2.24, 2.45) is 5.73 Å². The lowest BCUT2D eigenvalue weighted by Gasteiger charge is -2.09. The van der Waals surface area contributed by atoms with Crippen molar-refractivity contribution in [3.63, 3.8) is 0 Å². The number of thiophene rings is 1. The second-order valence-electron chi connectivity index (χ2n) is 3.44.